The molecule has 0 aliphatic rings. The summed E-state index contributed by atoms with van der Waals surface area (Å²) >= 11 is 0. The average molecular weight is 493 g/mol. The monoisotopic (exact) mass is 492 g/mol. The first-order chi connectivity index (χ1) is 17.2. The molecule has 2 N–H and O–H groups in total. The van der Waals surface area contributed by atoms with E-state index in [0.717, 1.165) is 5.56 Å². The number of amides is 1. The van der Waals surface area contributed by atoms with Gasteiger partial charge in [-0.05, 0) is 48.9 Å². The Labute approximate surface area is 207 Å². The second-order valence-corrected chi connectivity index (χ2v) is 8.42. The number of imidazole rings is 1. The highest BCUT2D eigenvalue weighted by molar-refractivity contribution is 6.02. The highest BCUT2D eigenvalue weighted by atomic mass is 19.3. The SMILES string of the molecule is CCC(F)(F)c1cccc(NC(=O)c2c(C)[nH]c(-c3ccc(OC)c(-c4ncccc4C)c3)[n+]2[O-])c1. The van der Waals surface area contributed by atoms with Crippen LogP contribution in [0.25, 0.3) is 22.6 Å². The van der Waals surface area contributed by atoms with E-state index in [1.165, 1.54) is 31.2 Å². The van der Waals surface area contributed by atoms with Crippen LogP contribution in [0.1, 0.15) is 40.7 Å². The molecule has 0 aliphatic heterocycles. The summed E-state index contributed by atoms with van der Waals surface area (Å²) < 4.78 is 34.2. The maximum absolute atomic E-state index is 14.1. The van der Waals surface area contributed by atoms with E-state index in [4.69, 9.17) is 4.74 Å². The fraction of sp³-hybridized carbons (Fsp3) is 0.222. The molecule has 0 bridgehead atoms. The number of aryl methyl sites for hydroxylation is 2. The van der Waals surface area contributed by atoms with Crippen LogP contribution < -0.4 is 14.8 Å². The molecule has 2 aromatic carbocycles. The Balaban J connectivity index is 1.70. The van der Waals surface area contributed by atoms with E-state index in [1.54, 1.807) is 38.4 Å². The molecule has 7 nitrogen and oxygen atoms in total. The maximum Gasteiger partial charge on any atom is 0.300 e. The zero-order valence-electron chi connectivity index (χ0n) is 20.4. The van der Waals surface area contributed by atoms with Crippen molar-refractivity contribution in [2.75, 3.05) is 12.4 Å². The highest BCUT2D eigenvalue weighted by Crippen LogP contribution is 2.34. The molecule has 0 atom stereocenters. The summed E-state index contributed by atoms with van der Waals surface area (Å²) in [5, 5.41) is 15.8. The van der Waals surface area contributed by atoms with Crippen molar-refractivity contribution in [3.63, 3.8) is 0 Å². The minimum Gasteiger partial charge on any atom is -0.710 e. The second kappa shape index (κ2) is 9.77. The van der Waals surface area contributed by atoms with Gasteiger partial charge >= 0.3 is 0 Å². The fourth-order valence-electron chi connectivity index (χ4n) is 4.03. The van der Waals surface area contributed by atoms with Gasteiger partial charge in [0.1, 0.15) is 5.75 Å². The number of aromatic amines is 1. The van der Waals surface area contributed by atoms with Crippen LogP contribution in [0.5, 0.6) is 5.75 Å². The Morgan fingerprint density at radius 2 is 1.94 bits per heavy atom. The number of carbonyl (C=O) groups excluding carboxylic acids is 1. The Morgan fingerprint density at radius 1 is 1.17 bits per heavy atom. The number of nitrogens with one attached hydrogen (secondary N) is 2. The number of halogens is 2. The quantitative estimate of drug-likeness (QED) is 0.253. The van der Waals surface area contributed by atoms with E-state index in [1.807, 2.05) is 19.1 Å². The molecule has 9 heteroatoms. The number of H-pyrrole nitrogens is 1. The van der Waals surface area contributed by atoms with E-state index >= 15 is 0 Å². The molecule has 4 rings (SSSR count). The van der Waals surface area contributed by atoms with Crippen LogP contribution in [-0.2, 0) is 5.92 Å². The number of hydrogen-bond donors (Lipinski definition) is 2. The lowest BCUT2D eigenvalue weighted by Crippen LogP contribution is -2.36. The molecular formula is C27H26F2N4O3. The molecule has 2 aromatic heterocycles. The Hall–Kier alpha value is -4.27. The van der Waals surface area contributed by atoms with Crippen LogP contribution in [0.2, 0.25) is 0 Å². The van der Waals surface area contributed by atoms with Gasteiger partial charge in [0.15, 0.2) is 5.69 Å². The summed E-state index contributed by atoms with van der Waals surface area (Å²) in [5.41, 5.74) is 2.99. The standard InChI is InChI=1S/C27H26F2N4O3/c1-5-27(28,29)19-9-6-10-20(15-19)32-26(34)24-17(3)31-25(33(24)35)18-11-12-22(36-4)21(14-18)23-16(2)8-7-13-30-23/h6-15,31H,5H2,1-4H3,(H,32,34). The van der Waals surface area contributed by atoms with E-state index in [0.29, 0.717) is 33.0 Å². The number of carbonyl (C=O) groups is 1. The van der Waals surface area contributed by atoms with Gasteiger partial charge in [-0.2, -0.15) is 0 Å². The molecule has 0 aliphatic carbocycles. The van der Waals surface area contributed by atoms with Gasteiger partial charge in [-0.15, -0.1) is 0 Å². The zero-order chi connectivity index (χ0) is 26.0. The number of benzene rings is 2. The molecule has 36 heavy (non-hydrogen) atoms. The number of aromatic nitrogens is 3. The van der Waals surface area contributed by atoms with Crippen LogP contribution >= 0.6 is 0 Å². The van der Waals surface area contributed by atoms with E-state index in [-0.39, 0.29) is 29.2 Å². The normalized spacial score (nSPS) is 11.4. The van der Waals surface area contributed by atoms with Gasteiger partial charge in [-0.1, -0.05) is 25.1 Å². The van der Waals surface area contributed by atoms with Crippen molar-refractivity contribution in [1.82, 2.24) is 9.97 Å². The van der Waals surface area contributed by atoms with Crippen molar-refractivity contribution in [3.05, 3.63) is 88.5 Å². The van der Waals surface area contributed by atoms with Gasteiger partial charge in [0.25, 0.3) is 17.7 Å². The first kappa shape index (κ1) is 24.8. The molecule has 0 saturated carbocycles. The molecule has 0 fully saturated rings. The smallest absolute Gasteiger partial charge is 0.300 e. The van der Waals surface area contributed by atoms with Crippen LogP contribution in [0.3, 0.4) is 0 Å². The molecule has 0 unspecified atom stereocenters. The second-order valence-electron chi connectivity index (χ2n) is 8.42. The number of rotatable bonds is 7. The number of methoxy groups -OCH3 is 1. The number of hydrogen-bond acceptors (Lipinski definition) is 4. The minimum absolute atomic E-state index is 0.154. The van der Waals surface area contributed by atoms with Crippen LogP contribution in [-0.4, -0.2) is 23.0 Å². The zero-order valence-corrected chi connectivity index (χ0v) is 20.4. The lowest BCUT2D eigenvalue weighted by Gasteiger charge is -2.15. The molecule has 1 amide bonds. The van der Waals surface area contributed by atoms with Crippen LogP contribution in [0.4, 0.5) is 14.5 Å². The lowest BCUT2D eigenvalue weighted by molar-refractivity contribution is -0.594. The van der Waals surface area contributed by atoms with E-state index < -0.39 is 11.8 Å². The third kappa shape index (κ3) is 4.64. The third-order valence-electron chi connectivity index (χ3n) is 6.01. The van der Waals surface area contributed by atoms with Crippen molar-refractivity contribution in [1.29, 1.82) is 0 Å². The summed E-state index contributed by atoms with van der Waals surface area (Å²) in [6, 6.07) is 14.4. The predicted molar refractivity (Wildman–Crippen MR) is 133 cm³/mol. The minimum atomic E-state index is -3.02. The Kier molecular flexibility index (Phi) is 6.74. The van der Waals surface area contributed by atoms with Crippen LogP contribution in [0, 0.1) is 19.1 Å². The predicted octanol–water partition coefficient (Wildman–Crippen LogP) is 5.76. The molecule has 0 saturated heterocycles. The van der Waals surface area contributed by atoms with Gasteiger partial charge in [-0.3, -0.25) is 9.78 Å². The molecule has 186 valence electrons. The van der Waals surface area contributed by atoms with E-state index in [2.05, 4.69) is 15.3 Å². The first-order valence-electron chi connectivity index (χ1n) is 11.4. The van der Waals surface area contributed by atoms with Crippen molar-refractivity contribution in [2.45, 2.75) is 33.1 Å². The average Bonchev–Trinajstić information content (AvgIpc) is 3.17. The van der Waals surface area contributed by atoms with Crippen molar-refractivity contribution in [3.8, 4) is 28.4 Å². The van der Waals surface area contributed by atoms with Gasteiger partial charge in [-0.25, -0.2) is 18.5 Å². The number of anilines is 1. The molecule has 0 radical (unpaired) electrons. The number of ether oxygens (including phenoxy) is 1. The largest absolute Gasteiger partial charge is 0.710 e. The fourth-order valence-corrected chi connectivity index (χ4v) is 4.03. The summed E-state index contributed by atoms with van der Waals surface area (Å²) in [6.07, 6.45) is 1.31. The molecule has 2 heterocycles. The maximum atomic E-state index is 14.1. The van der Waals surface area contributed by atoms with Crippen molar-refractivity contribution >= 4 is 11.6 Å². The molecular weight excluding hydrogens is 466 g/mol. The van der Waals surface area contributed by atoms with Gasteiger partial charge < -0.3 is 15.3 Å². The van der Waals surface area contributed by atoms with Gasteiger partial charge in [0.05, 0.1) is 18.4 Å². The Bertz CT molecular complexity index is 1430. The highest BCUT2D eigenvalue weighted by Gasteiger charge is 2.30. The summed E-state index contributed by atoms with van der Waals surface area (Å²) in [5.74, 6) is -2.99. The number of nitrogens with zero attached hydrogens (tertiary/aromatic N) is 2. The number of alkyl halides is 2. The third-order valence-corrected chi connectivity index (χ3v) is 6.01. The van der Waals surface area contributed by atoms with Crippen molar-refractivity contribution < 1.29 is 23.0 Å². The summed E-state index contributed by atoms with van der Waals surface area (Å²) in [7, 11) is 1.55. The number of pyridine rings is 1. The molecule has 4 aromatic rings. The van der Waals surface area contributed by atoms with Gasteiger partial charge in [0, 0.05) is 36.4 Å². The topological polar surface area (TPSA) is 94.0 Å². The van der Waals surface area contributed by atoms with Gasteiger partial charge in [0.2, 0.25) is 5.69 Å². The Morgan fingerprint density at radius 3 is 2.64 bits per heavy atom. The van der Waals surface area contributed by atoms with Crippen LogP contribution in [0.15, 0.2) is 60.8 Å². The lowest BCUT2D eigenvalue weighted by atomic mass is 10.0. The first-order valence-corrected chi connectivity index (χ1v) is 11.4. The van der Waals surface area contributed by atoms with Crippen molar-refractivity contribution in [2.24, 2.45) is 0 Å². The molecule has 0 spiro atoms. The van der Waals surface area contributed by atoms with E-state index in [9.17, 15) is 18.8 Å². The summed E-state index contributed by atoms with van der Waals surface area (Å²) in [6.45, 7) is 4.91. The summed E-state index contributed by atoms with van der Waals surface area (Å²) in [4.78, 5) is 20.4.